The van der Waals surface area contributed by atoms with E-state index in [2.05, 4.69) is 0 Å². The van der Waals surface area contributed by atoms with Crippen molar-refractivity contribution in [2.24, 2.45) is 5.41 Å². The summed E-state index contributed by atoms with van der Waals surface area (Å²) in [4.78, 5) is 17.7. The van der Waals surface area contributed by atoms with Crippen molar-refractivity contribution in [1.82, 2.24) is 0 Å². The number of phosphoric acid groups is 1. The molecule has 84 valence electrons. The largest absolute Gasteiger partial charge is 0.470 e. The molecule has 0 spiro atoms. The Kier molecular flexibility index (Phi) is 3.13. The molecular weight excluding hydrogens is 203 g/mol. The lowest BCUT2D eigenvalue weighted by molar-refractivity contribution is -0.0750. The van der Waals surface area contributed by atoms with Gasteiger partial charge in [-0.1, -0.05) is 26.7 Å². The first-order valence-electron chi connectivity index (χ1n) is 4.93. The quantitative estimate of drug-likeness (QED) is 0.704. The second-order valence-electron chi connectivity index (χ2n) is 4.90. The molecule has 5 heteroatoms. The number of hydrogen-bond acceptors (Lipinski definition) is 2. The average molecular weight is 222 g/mol. The molecular formula is C9H19O4P. The first-order valence-corrected chi connectivity index (χ1v) is 6.46. The lowest BCUT2D eigenvalue weighted by Gasteiger charge is -2.47. The van der Waals surface area contributed by atoms with Gasteiger partial charge in [0.1, 0.15) is 0 Å². The molecule has 1 rings (SSSR count). The molecule has 1 aliphatic carbocycles. The van der Waals surface area contributed by atoms with Crippen molar-refractivity contribution < 1.29 is 18.9 Å². The molecule has 0 aromatic carbocycles. The summed E-state index contributed by atoms with van der Waals surface area (Å²) in [6.07, 6.45) is 3.74. The summed E-state index contributed by atoms with van der Waals surface area (Å²) in [6.45, 7) is 5.80. The van der Waals surface area contributed by atoms with E-state index in [1.807, 2.05) is 13.8 Å². The molecule has 0 heterocycles. The van der Waals surface area contributed by atoms with Crippen LogP contribution in [0.25, 0.3) is 0 Å². The van der Waals surface area contributed by atoms with Gasteiger partial charge < -0.3 is 9.79 Å². The second kappa shape index (κ2) is 3.60. The van der Waals surface area contributed by atoms with Crippen molar-refractivity contribution in [3.05, 3.63) is 0 Å². The summed E-state index contributed by atoms with van der Waals surface area (Å²) < 4.78 is 15.8. The Bertz CT molecular complexity index is 258. The first-order chi connectivity index (χ1) is 6.16. The minimum atomic E-state index is -4.38. The molecule has 0 aromatic rings. The summed E-state index contributed by atoms with van der Waals surface area (Å²) in [5.74, 6) is 0. The van der Waals surface area contributed by atoms with Crippen LogP contribution in [-0.4, -0.2) is 15.4 Å². The molecule has 2 N–H and O–H groups in total. The van der Waals surface area contributed by atoms with E-state index in [4.69, 9.17) is 14.3 Å². The van der Waals surface area contributed by atoms with Crippen LogP contribution in [0.5, 0.6) is 0 Å². The van der Waals surface area contributed by atoms with Gasteiger partial charge in [0.2, 0.25) is 0 Å². The topological polar surface area (TPSA) is 66.8 Å². The van der Waals surface area contributed by atoms with Gasteiger partial charge in [-0.25, -0.2) is 4.57 Å². The highest BCUT2D eigenvalue weighted by Crippen LogP contribution is 2.53. The summed E-state index contributed by atoms with van der Waals surface area (Å²) >= 11 is 0. The van der Waals surface area contributed by atoms with E-state index in [1.54, 1.807) is 6.92 Å². The third-order valence-corrected chi connectivity index (χ3v) is 4.10. The van der Waals surface area contributed by atoms with Crippen LogP contribution < -0.4 is 0 Å². The average Bonchev–Trinajstić information content (AvgIpc) is 1.92. The maximum absolute atomic E-state index is 10.9. The van der Waals surface area contributed by atoms with Crippen LogP contribution >= 0.6 is 7.82 Å². The van der Waals surface area contributed by atoms with Gasteiger partial charge in [-0.05, 0) is 25.2 Å². The number of hydrogen-bond donors (Lipinski definition) is 2. The van der Waals surface area contributed by atoms with E-state index in [0.29, 0.717) is 6.42 Å². The van der Waals surface area contributed by atoms with E-state index in [9.17, 15) is 4.57 Å². The highest BCUT2D eigenvalue weighted by Gasteiger charge is 2.47. The van der Waals surface area contributed by atoms with Crippen LogP contribution in [0.4, 0.5) is 0 Å². The van der Waals surface area contributed by atoms with Crippen molar-refractivity contribution in [1.29, 1.82) is 0 Å². The number of phosphoric ester groups is 1. The predicted octanol–water partition coefficient (Wildman–Crippen LogP) is 2.45. The minimum absolute atomic E-state index is 0.174. The van der Waals surface area contributed by atoms with Gasteiger partial charge in [0.05, 0.1) is 5.60 Å². The van der Waals surface area contributed by atoms with Crippen molar-refractivity contribution in [2.75, 3.05) is 0 Å². The smallest absolute Gasteiger partial charge is 0.303 e. The molecule has 1 saturated carbocycles. The van der Waals surface area contributed by atoms with Crippen LogP contribution in [0.15, 0.2) is 0 Å². The molecule has 0 bridgehead atoms. The molecule has 1 atom stereocenters. The lowest BCUT2D eigenvalue weighted by Crippen LogP contribution is -2.46. The third-order valence-electron chi connectivity index (χ3n) is 3.46. The standard InChI is InChI=1S/C9H19O4P/c1-8(2)6-4-5-7-9(8,3)13-14(10,11)12/h4-7H2,1-3H3,(H2,10,11,12). The molecule has 1 unspecified atom stereocenters. The van der Waals surface area contributed by atoms with E-state index >= 15 is 0 Å². The maximum atomic E-state index is 10.9. The Balaban J connectivity index is 2.84. The van der Waals surface area contributed by atoms with Gasteiger partial charge in [0, 0.05) is 0 Å². The highest BCUT2D eigenvalue weighted by molar-refractivity contribution is 7.46. The predicted molar refractivity (Wildman–Crippen MR) is 53.8 cm³/mol. The fourth-order valence-corrected chi connectivity index (χ4v) is 2.93. The molecule has 0 aromatic heterocycles. The van der Waals surface area contributed by atoms with E-state index in [0.717, 1.165) is 19.3 Å². The fraction of sp³-hybridized carbons (Fsp3) is 1.00. The number of rotatable bonds is 2. The zero-order valence-corrected chi connectivity index (χ0v) is 9.88. The minimum Gasteiger partial charge on any atom is -0.303 e. The lowest BCUT2D eigenvalue weighted by atomic mass is 9.66. The Morgan fingerprint density at radius 3 is 2.07 bits per heavy atom. The SMILES string of the molecule is CC1(C)CCCCC1(C)OP(=O)(O)O. The summed E-state index contributed by atoms with van der Waals surface area (Å²) in [5, 5.41) is 0. The molecule has 0 aliphatic heterocycles. The third kappa shape index (κ3) is 2.57. The summed E-state index contributed by atoms with van der Waals surface area (Å²) in [6, 6.07) is 0. The van der Waals surface area contributed by atoms with Gasteiger partial charge in [-0.2, -0.15) is 0 Å². The van der Waals surface area contributed by atoms with Gasteiger partial charge in [0.15, 0.2) is 0 Å². The van der Waals surface area contributed by atoms with Crippen LogP contribution in [0, 0.1) is 5.41 Å². The molecule has 14 heavy (non-hydrogen) atoms. The van der Waals surface area contributed by atoms with E-state index < -0.39 is 13.4 Å². The first kappa shape index (κ1) is 12.2. The maximum Gasteiger partial charge on any atom is 0.470 e. The van der Waals surface area contributed by atoms with E-state index in [1.165, 1.54) is 0 Å². The molecule has 0 saturated heterocycles. The Labute approximate surface area is 84.9 Å². The summed E-state index contributed by atoms with van der Waals surface area (Å²) in [5.41, 5.74) is -0.878. The fourth-order valence-electron chi connectivity index (χ4n) is 2.06. The molecule has 1 fully saturated rings. The zero-order valence-electron chi connectivity index (χ0n) is 8.99. The molecule has 1 aliphatic rings. The zero-order chi connectivity index (χ0) is 11.0. The Hall–Kier alpha value is 0.110. The molecule has 0 radical (unpaired) electrons. The Morgan fingerprint density at radius 1 is 1.14 bits per heavy atom. The van der Waals surface area contributed by atoms with Gasteiger partial charge in [0.25, 0.3) is 0 Å². The molecule has 0 amide bonds. The van der Waals surface area contributed by atoms with Crippen molar-refractivity contribution in [2.45, 2.75) is 52.1 Å². The Morgan fingerprint density at radius 2 is 1.64 bits per heavy atom. The van der Waals surface area contributed by atoms with Gasteiger partial charge in [-0.3, -0.25) is 4.52 Å². The molecule has 4 nitrogen and oxygen atoms in total. The van der Waals surface area contributed by atoms with Crippen LogP contribution in [-0.2, 0) is 9.09 Å². The monoisotopic (exact) mass is 222 g/mol. The second-order valence-corrected chi connectivity index (χ2v) is 6.07. The van der Waals surface area contributed by atoms with Crippen molar-refractivity contribution in [3.63, 3.8) is 0 Å². The van der Waals surface area contributed by atoms with E-state index in [-0.39, 0.29) is 5.41 Å². The van der Waals surface area contributed by atoms with Crippen LogP contribution in [0.1, 0.15) is 46.5 Å². The highest BCUT2D eigenvalue weighted by atomic mass is 31.2. The normalized spacial score (nSPS) is 32.9. The van der Waals surface area contributed by atoms with Crippen LogP contribution in [0.2, 0.25) is 0 Å². The van der Waals surface area contributed by atoms with Crippen molar-refractivity contribution >= 4 is 7.82 Å². The van der Waals surface area contributed by atoms with Gasteiger partial charge >= 0.3 is 7.82 Å². The summed E-state index contributed by atoms with van der Waals surface area (Å²) in [7, 11) is -4.38. The van der Waals surface area contributed by atoms with Gasteiger partial charge in [-0.15, -0.1) is 0 Å². The van der Waals surface area contributed by atoms with Crippen LogP contribution in [0.3, 0.4) is 0 Å². The van der Waals surface area contributed by atoms with Crippen molar-refractivity contribution in [3.8, 4) is 0 Å².